The molecule has 5 aromatic carbocycles. The number of benzene rings is 5. The summed E-state index contributed by atoms with van der Waals surface area (Å²) in [4.78, 5) is 0. The Balaban J connectivity index is 1.42. The lowest BCUT2D eigenvalue weighted by Gasteiger charge is -2.07. The first-order valence-electron chi connectivity index (χ1n) is 11.8. The van der Waals surface area contributed by atoms with Gasteiger partial charge in [-0.3, -0.25) is 0 Å². The fourth-order valence-corrected chi connectivity index (χ4v) is 4.74. The minimum Gasteiger partial charge on any atom is -0.115 e. The van der Waals surface area contributed by atoms with Gasteiger partial charge in [0.05, 0.1) is 0 Å². The molecular weight excluding hydrogens is 432 g/mol. The Morgan fingerprint density at radius 2 is 1.22 bits per heavy atom. The Bertz CT molecular complexity index is 1790. The van der Waals surface area contributed by atoms with E-state index in [2.05, 4.69) is 90.6 Å². The zero-order valence-electron chi connectivity index (χ0n) is 19.5. The zero-order valence-corrected chi connectivity index (χ0v) is 19.5. The van der Waals surface area contributed by atoms with E-state index in [1.807, 2.05) is 54.6 Å². The average Bonchev–Trinajstić information content (AvgIpc) is 3.27. The van der Waals surface area contributed by atoms with E-state index in [1.165, 1.54) is 33.2 Å². The van der Waals surface area contributed by atoms with Crippen LogP contribution in [-0.4, -0.2) is 0 Å². The van der Waals surface area contributed by atoms with Gasteiger partial charge in [0.1, 0.15) is 0 Å². The fourth-order valence-electron chi connectivity index (χ4n) is 4.74. The van der Waals surface area contributed by atoms with Gasteiger partial charge in [-0.15, -0.1) is 6.42 Å². The standard InChI is InChI=1S/C36H20/c1-2-26-12-3-4-14-28(26)22-23-29-15-6-5-13-27(29)17-11-21-34-32-19-9-10-20-33(32)35-25-24-30-16-7-8-18-31(30)36(34)35/h1,3-16,18-21,25H/b17-11?,34-21-. The molecule has 0 saturated carbocycles. The fraction of sp³-hybridized carbons (Fsp3) is 0. The third-order valence-corrected chi connectivity index (χ3v) is 6.44. The highest BCUT2D eigenvalue weighted by atomic mass is 14.3. The molecule has 0 fully saturated rings. The average molecular weight is 453 g/mol. The van der Waals surface area contributed by atoms with Crippen LogP contribution in [0.1, 0.15) is 33.4 Å². The highest BCUT2D eigenvalue weighted by Crippen LogP contribution is 2.47. The van der Waals surface area contributed by atoms with Gasteiger partial charge < -0.3 is 0 Å². The molecule has 1 aliphatic carbocycles. The summed E-state index contributed by atoms with van der Waals surface area (Å²) in [5, 5.41) is 2.33. The topological polar surface area (TPSA) is 0 Å². The van der Waals surface area contributed by atoms with Gasteiger partial charge in [-0.05, 0) is 80.6 Å². The monoisotopic (exact) mass is 452 g/mol. The van der Waals surface area contributed by atoms with Crippen LogP contribution in [0.5, 0.6) is 0 Å². The Morgan fingerprint density at radius 3 is 2.00 bits per heavy atom. The third-order valence-electron chi connectivity index (χ3n) is 6.44. The number of rotatable bonds is 2. The minimum absolute atomic E-state index is 0.801. The summed E-state index contributed by atoms with van der Waals surface area (Å²) in [7, 11) is 0. The lowest BCUT2D eigenvalue weighted by Crippen LogP contribution is -1.86. The Morgan fingerprint density at radius 1 is 0.611 bits per heavy atom. The third kappa shape index (κ3) is 3.82. The molecule has 0 nitrogen and oxygen atoms in total. The van der Waals surface area contributed by atoms with Crippen molar-refractivity contribution in [2.75, 3.05) is 0 Å². The van der Waals surface area contributed by atoms with Gasteiger partial charge in [-0.1, -0.05) is 109 Å². The number of allylic oxidation sites excluding steroid dienone is 2. The summed E-state index contributed by atoms with van der Waals surface area (Å²) in [6, 6.07) is 38.4. The van der Waals surface area contributed by atoms with Crippen LogP contribution in [0, 0.1) is 36.3 Å². The van der Waals surface area contributed by atoms with Crippen LogP contribution >= 0.6 is 0 Å². The summed E-state index contributed by atoms with van der Waals surface area (Å²) < 4.78 is 0. The van der Waals surface area contributed by atoms with Crippen molar-refractivity contribution in [2.24, 2.45) is 0 Å². The van der Waals surface area contributed by atoms with Crippen LogP contribution in [0.3, 0.4) is 0 Å². The lowest BCUT2D eigenvalue weighted by atomic mass is 9.96. The van der Waals surface area contributed by atoms with Crippen molar-refractivity contribution in [1.82, 2.24) is 0 Å². The van der Waals surface area contributed by atoms with Crippen molar-refractivity contribution < 1.29 is 0 Å². The van der Waals surface area contributed by atoms with Gasteiger partial charge in [0.25, 0.3) is 0 Å². The Hall–Kier alpha value is -5.04. The normalized spacial score (nSPS) is 12.7. The second kappa shape index (κ2) is 9.31. The molecule has 1 aliphatic rings. The minimum atomic E-state index is 0.801. The van der Waals surface area contributed by atoms with Crippen LogP contribution < -0.4 is 0 Å². The first kappa shape index (κ1) is 21.5. The summed E-state index contributed by atoms with van der Waals surface area (Å²) in [6.07, 6.45) is 13.3. The summed E-state index contributed by atoms with van der Waals surface area (Å²) in [6.45, 7) is 0. The molecule has 0 spiro atoms. The predicted molar refractivity (Wildman–Crippen MR) is 149 cm³/mol. The molecule has 2 radical (unpaired) electrons. The van der Waals surface area contributed by atoms with Crippen LogP contribution in [0.25, 0.3) is 27.5 Å². The van der Waals surface area contributed by atoms with E-state index in [4.69, 9.17) is 6.42 Å². The number of hydrogen-bond donors (Lipinski definition) is 0. The summed E-state index contributed by atoms with van der Waals surface area (Å²) >= 11 is 0. The van der Waals surface area contributed by atoms with E-state index in [9.17, 15) is 0 Å². The van der Waals surface area contributed by atoms with E-state index in [0.29, 0.717) is 0 Å². The van der Waals surface area contributed by atoms with Crippen molar-refractivity contribution in [3.05, 3.63) is 161 Å². The molecule has 0 saturated heterocycles. The SMILES string of the molecule is C#Cc1ccccc1C#Cc1ccccc1[C]=C/C=C1/c2ccccc2-c2c[c]c3ccccc3c21. The first-order chi connectivity index (χ1) is 17.8. The van der Waals surface area contributed by atoms with E-state index in [-0.39, 0.29) is 0 Å². The van der Waals surface area contributed by atoms with Crippen LogP contribution in [0.15, 0.2) is 115 Å². The largest absolute Gasteiger partial charge is 0.115 e. The van der Waals surface area contributed by atoms with Gasteiger partial charge in [-0.2, -0.15) is 0 Å². The molecule has 0 N–H and O–H groups in total. The van der Waals surface area contributed by atoms with Gasteiger partial charge in [0.2, 0.25) is 0 Å². The van der Waals surface area contributed by atoms with Gasteiger partial charge in [-0.25, -0.2) is 0 Å². The van der Waals surface area contributed by atoms with E-state index >= 15 is 0 Å². The number of hydrogen-bond acceptors (Lipinski definition) is 0. The van der Waals surface area contributed by atoms with Gasteiger partial charge in [0.15, 0.2) is 0 Å². The summed E-state index contributed by atoms with van der Waals surface area (Å²) in [5.74, 6) is 9.23. The van der Waals surface area contributed by atoms with Gasteiger partial charge >= 0.3 is 0 Å². The highest BCUT2D eigenvalue weighted by Gasteiger charge is 2.24. The molecule has 0 aromatic heterocycles. The van der Waals surface area contributed by atoms with Crippen LogP contribution in [-0.2, 0) is 0 Å². The van der Waals surface area contributed by atoms with E-state index in [0.717, 1.165) is 27.6 Å². The maximum Gasteiger partial charge on any atom is 0.0405 e. The van der Waals surface area contributed by atoms with E-state index in [1.54, 1.807) is 0 Å². The highest BCUT2D eigenvalue weighted by molar-refractivity contribution is 6.10. The smallest absolute Gasteiger partial charge is 0.0405 e. The molecule has 0 atom stereocenters. The molecule has 0 amide bonds. The molecule has 0 bridgehead atoms. The quantitative estimate of drug-likeness (QED) is 0.235. The first-order valence-corrected chi connectivity index (χ1v) is 11.8. The molecule has 164 valence electrons. The van der Waals surface area contributed by atoms with Crippen molar-refractivity contribution in [2.45, 2.75) is 0 Å². The van der Waals surface area contributed by atoms with Crippen molar-refractivity contribution >= 4 is 16.3 Å². The predicted octanol–water partition coefficient (Wildman–Crippen LogP) is 7.84. The second-order valence-corrected chi connectivity index (χ2v) is 8.55. The van der Waals surface area contributed by atoms with Crippen molar-refractivity contribution in [3.63, 3.8) is 0 Å². The van der Waals surface area contributed by atoms with Crippen LogP contribution in [0.2, 0.25) is 0 Å². The van der Waals surface area contributed by atoms with E-state index < -0.39 is 0 Å². The van der Waals surface area contributed by atoms with Crippen LogP contribution in [0.4, 0.5) is 0 Å². The lowest BCUT2D eigenvalue weighted by molar-refractivity contribution is 1.51. The number of terminal acetylenes is 1. The van der Waals surface area contributed by atoms with Gasteiger partial charge in [0, 0.05) is 16.7 Å². The molecule has 0 unspecified atom stereocenters. The molecule has 0 heterocycles. The Labute approximate surface area is 212 Å². The maximum atomic E-state index is 5.63. The number of fused-ring (bicyclic) bond motifs is 5. The second-order valence-electron chi connectivity index (χ2n) is 8.55. The van der Waals surface area contributed by atoms with Crippen molar-refractivity contribution in [3.8, 4) is 35.3 Å². The molecule has 5 aromatic rings. The Kier molecular flexibility index (Phi) is 5.56. The summed E-state index contributed by atoms with van der Waals surface area (Å²) in [5.41, 5.74) is 9.65. The molecule has 36 heavy (non-hydrogen) atoms. The molecule has 0 heteroatoms. The molecular formula is C36H20. The maximum absolute atomic E-state index is 5.63. The zero-order chi connectivity index (χ0) is 24.3. The molecule has 0 aliphatic heterocycles. The van der Waals surface area contributed by atoms with Crippen molar-refractivity contribution in [1.29, 1.82) is 0 Å². The molecule has 6 rings (SSSR count).